The number of ether oxygens (including phenoxy) is 1. The van der Waals surface area contributed by atoms with Gasteiger partial charge < -0.3 is 15.4 Å². The first kappa shape index (κ1) is 17.5. The van der Waals surface area contributed by atoms with Gasteiger partial charge in [0.15, 0.2) is 5.96 Å². The molecule has 0 saturated heterocycles. The third-order valence-electron chi connectivity index (χ3n) is 3.69. The van der Waals surface area contributed by atoms with Gasteiger partial charge in [-0.3, -0.25) is 4.99 Å². The quantitative estimate of drug-likeness (QED) is 0.604. The van der Waals surface area contributed by atoms with E-state index in [1.165, 1.54) is 16.0 Å². The van der Waals surface area contributed by atoms with Crippen LogP contribution in [0.1, 0.15) is 28.8 Å². The molecule has 0 saturated carbocycles. The normalized spacial score (nSPS) is 12.9. The van der Waals surface area contributed by atoms with Crippen molar-refractivity contribution in [1.29, 1.82) is 0 Å². The van der Waals surface area contributed by atoms with E-state index in [4.69, 9.17) is 4.74 Å². The van der Waals surface area contributed by atoms with E-state index in [1.54, 1.807) is 25.5 Å². The van der Waals surface area contributed by atoms with Crippen LogP contribution >= 0.6 is 11.3 Å². The van der Waals surface area contributed by atoms with E-state index in [1.807, 2.05) is 12.1 Å². The number of rotatable bonds is 7. The second kappa shape index (κ2) is 9.33. The Hall–Kier alpha value is -1.85. The Labute approximate surface area is 142 Å². The van der Waals surface area contributed by atoms with Crippen LogP contribution in [0.15, 0.2) is 46.8 Å². The Morgan fingerprint density at radius 3 is 2.61 bits per heavy atom. The van der Waals surface area contributed by atoms with Crippen molar-refractivity contribution >= 4 is 17.3 Å². The fourth-order valence-electron chi connectivity index (χ4n) is 2.35. The lowest BCUT2D eigenvalue weighted by Crippen LogP contribution is -2.38. The second-order valence-corrected chi connectivity index (χ2v) is 6.40. The summed E-state index contributed by atoms with van der Waals surface area (Å²) < 4.78 is 5.25. The molecule has 4 nitrogen and oxygen atoms in total. The molecular weight excluding hydrogens is 306 g/mol. The van der Waals surface area contributed by atoms with Gasteiger partial charge in [-0.2, -0.15) is 0 Å². The van der Waals surface area contributed by atoms with Crippen LogP contribution in [-0.4, -0.2) is 26.7 Å². The molecule has 124 valence electrons. The van der Waals surface area contributed by atoms with Crippen molar-refractivity contribution in [2.75, 3.05) is 20.7 Å². The van der Waals surface area contributed by atoms with E-state index in [0.29, 0.717) is 12.5 Å². The first-order valence-corrected chi connectivity index (χ1v) is 8.66. The SMILES string of the molecule is CN=C(NCc1ccccc1COC)NCC(C)c1cccs1. The molecule has 23 heavy (non-hydrogen) atoms. The number of benzene rings is 1. The van der Waals surface area contributed by atoms with Crippen LogP contribution in [0.2, 0.25) is 0 Å². The van der Waals surface area contributed by atoms with Crippen LogP contribution < -0.4 is 10.6 Å². The highest BCUT2D eigenvalue weighted by atomic mass is 32.1. The van der Waals surface area contributed by atoms with Gasteiger partial charge in [-0.15, -0.1) is 11.3 Å². The lowest BCUT2D eigenvalue weighted by molar-refractivity contribution is 0.184. The minimum Gasteiger partial charge on any atom is -0.380 e. The van der Waals surface area contributed by atoms with Gasteiger partial charge in [0, 0.05) is 38.0 Å². The molecule has 0 spiro atoms. The van der Waals surface area contributed by atoms with E-state index in [0.717, 1.165) is 19.0 Å². The molecule has 0 aliphatic heterocycles. The van der Waals surface area contributed by atoms with E-state index < -0.39 is 0 Å². The monoisotopic (exact) mass is 331 g/mol. The maximum absolute atomic E-state index is 5.25. The zero-order chi connectivity index (χ0) is 16.5. The van der Waals surface area contributed by atoms with Crippen molar-refractivity contribution in [3.63, 3.8) is 0 Å². The van der Waals surface area contributed by atoms with Gasteiger partial charge in [-0.05, 0) is 22.6 Å². The fraction of sp³-hybridized carbons (Fsp3) is 0.389. The first-order valence-electron chi connectivity index (χ1n) is 7.78. The third-order valence-corrected chi connectivity index (χ3v) is 4.80. The lowest BCUT2D eigenvalue weighted by Gasteiger charge is -2.16. The molecule has 1 aromatic carbocycles. The maximum Gasteiger partial charge on any atom is 0.191 e. The molecule has 2 rings (SSSR count). The molecule has 0 radical (unpaired) electrons. The van der Waals surface area contributed by atoms with E-state index >= 15 is 0 Å². The van der Waals surface area contributed by atoms with Crippen LogP contribution in [0.5, 0.6) is 0 Å². The molecule has 2 aromatic rings. The molecule has 5 heteroatoms. The standard InChI is InChI=1S/C18H25N3OS/c1-14(17-9-6-10-23-17)11-20-18(19-2)21-12-15-7-4-5-8-16(15)13-22-3/h4-10,14H,11-13H2,1-3H3,(H2,19,20,21). The minimum atomic E-state index is 0.467. The van der Waals surface area contributed by atoms with Gasteiger partial charge in [0.2, 0.25) is 0 Å². The average molecular weight is 331 g/mol. The Balaban J connectivity index is 1.86. The summed E-state index contributed by atoms with van der Waals surface area (Å²) in [5.41, 5.74) is 2.42. The summed E-state index contributed by atoms with van der Waals surface area (Å²) in [6.07, 6.45) is 0. The molecule has 1 unspecified atom stereocenters. The molecule has 0 fully saturated rings. The van der Waals surface area contributed by atoms with Crippen LogP contribution in [-0.2, 0) is 17.9 Å². The van der Waals surface area contributed by atoms with Crippen molar-refractivity contribution in [2.45, 2.75) is 26.0 Å². The summed E-state index contributed by atoms with van der Waals surface area (Å²) in [4.78, 5) is 5.69. The molecule has 1 atom stereocenters. The second-order valence-electron chi connectivity index (χ2n) is 5.42. The van der Waals surface area contributed by atoms with Crippen molar-refractivity contribution in [3.8, 4) is 0 Å². The summed E-state index contributed by atoms with van der Waals surface area (Å²) in [6, 6.07) is 12.6. The van der Waals surface area contributed by atoms with Gasteiger partial charge >= 0.3 is 0 Å². The van der Waals surface area contributed by atoms with Gasteiger partial charge in [-0.25, -0.2) is 0 Å². The number of aliphatic imine (C=N–C) groups is 1. The molecule has 1 aromatic heterocycles. The summed E-state index contributed by atoms with van der Waals surface area (Å²) in [5.74, 6) is 1.29. The number of nitrogens with zero attached hydrogens (tertiary/aromatic N) is 1. The van der Waals surface area contributed by atoms with Crippen molar-refractivity contribution in [3.05, 3.63) is 57.8 Å². The number of hydrogen-bond donors (Lipinski definition) is 2. The largest absolute Gasteiger partial charge is 0.380 e. The average Bonchev–Trinajstić information content (AvgIpc) is 3.11. The lowest BCUT2D eigenvalue weighted by atomic mass is 10.1. The molecule has 0 bridgehead atoms. The molecule has 0 aliphatic carbocycles. The highest BCUT2D eigenvalue weighted by Gasteiger charge is 2.08. The van der Waals surface area contributed by atoms with Gasteiger partial charge in [0.05, 0.1) is 6.61 Å². The summed E-state index contributed by atoms with van der Waals surface area (Å²) >= 11 is 1.79. The van der Waals surface area contributed by atoms with Crippen LogP contribution in [0.25, 0.3) is 0 Å². The summed E-state index contributed by atoms with van der Waals surface area (Å²) in [5, 5.41) is 8.88. The van der Waals surface area contributed by atoms with Gasteiger partial charge in [-0.1, -0.05) is 37.3 Å². The number of nitrogens with one attached hydrogen (secondary N) is 2. The number of hydrogen-bond acceptors (Lipinski definition) is 3. The minimum absolute atomic E-state index is 0.467. The maximum atomic E-state index is 5.25. The Kier molecular flexibility index (Phi) is 7.10. The molecule has 0 amide bonds. The van der Waals surface area contributed by atoms with Gasteiger partial charge in [0.1, 0.15) is 0 Å². The smallest absolute Gasteiger partial charge is 0.191 e. The highest BCUT2D eigenvalue weighted by molar-refractivity contribution is 7.10. The molecule has 0 aliphatic rings. The molecular formula is C18H25N3OS. The van der Waals surface area contributed by atoms with Crippen molar-refractivity contribution in [1.82, 2.24) is 10.6 Å². The zero-order valence-corrected chi connectivity index (χ0v) is 14.8. The number of methoxy groups -OCH3 is 1. The highest BCUT2D eigenvalue weighted by Crippen LogP contribution is 2.19. The Morgan fingerprint density at radius 1 is 1.17 bits per heavy atom. The molecule has 1 heterocycles. The summed E-state index contributed by atoms with van der Waals surface area (Å²) in [6.45, 7) is 4.44. The first-order chi connectivity index (χ1) is 11.2. The predicted molar refractivity (Wildman–Crippen MR) is 98.1 cm³/mol. The van der Waals surface area contributed by atoms with Crippen LogP contribution in [0, 0.1) is 0 Å². The predicted octanol–water partition coefficient (Wildman–Crippen LogP) is 3.36. The molecule has 2 N–H and O–H groups in total. The van der Waals surface area contributed by atoms with Gasteiger partial charge in [0.25, 0.3) is 0 Å². The topological polar surface area (TPSA) is 45.7 Å². The van der Waals surface area contributed by atoms with E-state index in [9.17, 15) is 0 Å². The Bertz CT molecular complexity index is 610. The van der Waals surface area contributed by atoms with Crippen LogP contribution in [0.3, 0.4) is 0 Å². The van der Waals surface area contributed by atoms with E-state index in [2.05, 4.69) is 52.2 Å². The number of thiophene rings is 1. The zero-order valence-electron chi connectivity index (χ0n) is 14.0. The summed E-state index contributed by atoms with van der Waals surface area (Å²) in [7, 11) is 3.52. The van der Waals surface area contributed by atoms with Crippen molar-refractivity contribution in [2.24, 2.45) is 4.99 Å². The van der Waals surface area contributed by atoms with Crippen LogP contribution in [0.4, 0.5) is 0 Å². The van der Waals surface area contributed by atoms with Crippen molar-refractivity contribution < 1.29 is 4.74 Å². The Morgan fingerprint density at radius 2 is 1.96 bits per heavy atom. The van der Waals surface area contributed by atoms with E-state index in [-0.39, 0.29) is 0 Å². The third kappa shape index (κ3) is 5.37. The number of guanidine groups is 1. The fourth-order valence-corrected chi connectivity index (χ4v) is 3.13.